The van der Waals surface area contributed by atoms with Gasteiger partial charge in [-0.25, -0.2) is 4.39 Å². The number of unbranched alkanes of at least 4 members (excludes halogenated alkanes) is 3. The van der Waals surface area contributed by atoms with Gasteiger partial charge in [0.25, 0.3) is 0 Å². The highest BCUT2D eigenvalue weighted by atomic mass is 32.1. The second-order valence-corrected chi connectivity index (χ2v) is 8.61. The summed E-state index contributed by atoms with van der Waals surface area (Å²) >= 11 is 1.58. The molecule has 170 valence electrons. The number of thiophene rings is 1. The predicted octanol–water partition coefficient (Wildman–Crippen LogP) is 4.86. The van der Waals surface area contributed by atoms with Crippen molar-refractivity contribution in [3.63, 3.8) is 0 Å². The molecule has 1 aromatic carbocycles. The molecule has 1 aromatic heterocycles. The van der Waals surface area contributed by atoms with Crippen LogP contribution in [0.2, 0.25) is 0 Å². The van der Waals surface area contributed by atoms with Crippen molar-refractivity contribution in [2.75, 3.05) is 26.8 Å². The fraction of sp³-hybridized carbons (Fsp3) is 0.500. The summed E-state index contributed by atoms with van der Waals surface area (Å²) in [5.41, 5.74) is 0.848. The zero-order valence-electron chi connectivity index (χ0n) is 18.5. The number of amides is 2. The summed E-state index contributed by atoms with van der Waals surface area (Å²) in [7, 11) is 1.59. The lowest BCUT2D eigenvalue weighted by Gasteiger charge is -2.27. The van der Waals surface area contributed by atoms with Gasteiger partial charge in [-0.05, 0) is 35.6 Å². The topological polar surface area (TPSA) is 49.9 Å². The molecule has 0 unspecified atom stereocenters. The minimum absolute atomic E-state index is 0.0145. The molecule has 0 aliphatic carbocycles. The van der Waals surface area contributed by atoms with E-state index in [-0.39, 0.29) is 24.2 Å². The lowest BCUT2D eigenvalue weighted by molar-refractivity contribution is -0.141. The predicted molar refractivity (Wildman–Crippen MR) is 122 cm³/mol. The molecule has 2 amide bonds. The lowest BCUT2D eigenvalue weighted by Crippen LogP contribution is -2.43. The standard InChI is InChI=1S/C24H33FN2O3S/c1-3-4-5-6-9-23(28)26(14-15-30-2)19-24(29)27(18-22-8-7-16-31-22)17-20-10-12-21(25)13-11-20/h7-8,10-13,16H,3-6,9,14-15,17-19H2,1-2H3. The maximum absolute atomic E-state index is 13.3. The van der Waals surface area contributed by atoms with Crippen LogP contribution < -0.4 is 0 Å². The monoisotopic (exact) mass is 448 g/mol. The summed E-state index contributed by atoms with van der Waals surface area (Å²) < 4.78 is 18.4. The first-order valence-corrected chi connectivity index (χ1v) is 11.7. The SMILES string of the molecule is CCCCCCC(=O)N(CCOC)CC(=O)N(Cc1ccc(F)cc1)Cc1cccs1. The Morgan fingerprint density at radius 3 is 2.42 bits per heavy atom. The number of methoxy groups -OCH3 is 1. The van der Waals surface area contributed by atoms with Crippen LogP contribution in [0.15, 0.2) is 41.8 Å². The Morgan fingerprint density at radius 2 is 1.77 bits per heavy atom. The van der Waals surface area contributed by atoms with Gasteiger partial charge < -0.3 is 14.5 Å². The molecule has 0 spiro atoms. The zero-order valence-corrected chi connectivity index (χ0v) is 19.3. The molecule has 2 aromatic rings. The summed E-state index contributed by atoms with van der Waals surface area (Å²) in [4.78, 5) is 30.3. The Labute approximate surface area is 188 Å². The van der Waals surface area contributed by atoms with Crippen LogP contribution in [-0.2, 0) is 27.4 Å². The Hall–Kier alpha value is -2.25. The van der Waals surface area contributed by atoms with Gasteiger partial charge in [0.1, 0.15) is 5.82 Å². The van der Waals surface area contributed by atoms with E-state index < -0.39 is 0 Å². The molecule has 0 aliphatic rings. The summed E-state index contributed by atoms with van der Waals surface area (Å²) in [5.74, 6) is -0.450. The smallest absolute Gasteiger partial charge is 0.242 e. The van der Waals surface area contributed by atoms with Gasteiger partial charge in [-0.2, -0.15) is 0 Å². The molecule has 0 radical (unpaired) electrons. The highest BCUT2D eigenvalue weighted by Crippen LogP contribution is 2.16. The van der Waals surface area contributed by atoms with Crippen molar-refractivity contribution in [2.24, 2.45) is 0 Å². The third-order valence-corrected chi connectivity index (χ3v) is 5.92. The fourth-order valence-electron chi connectivity index (χ4n) is 3.25. The number of nitrogens with zero attached hydrogens (tertiary/aromatic N) is 2. The van der Waals surface area contributed by atoms with Gasteiger partial charge in [0.05, 0.1) is 19.7 Å². The van der Waals surface area contributed by atoms with Crippen LogP contribution in [0.4, 0.5) is 4.39 Å². The van der Waals surface area contributed by atoms with Crippen LogP contribution in [-0.4, -0.2) is 48.4 Å². The maximum Gasteiger partial charge on any atom is 0.242 e. The van der Waals surface area contributed by atoms with E-state index in [0.717, 1.165) is 36.1 Å². The Morgan fingerprint density at radius 1 is 1.00 bits per heavy atom. The number of ether oxygens (including phenoxy) is 1. The average Bonchev–Trinajstić information content (AvgIpc) is 3.28. The van der Waals surface area contributed by atoms with E-state index in [4.69, 9.17) is 4.74 Å². The average molecular weight is 449 g/mol. The molecule has 31 heavy (non-hydrogen) atoms. The zero-order chi connectivity index (χ0) is 22.5. The van der Waals surface area contributed by atoms with Crippen molar-refractivity contribution in [1.29, 1.82) is 0 Å². The Balaban J connectivity index is 2.07. The van der Waals surface area contributed by atoms with E-state index in [1.165, 1.54) is 12.1 Å². The number of benzene rings is 1. The van der Waals surface area contributed by atoms with Crippen LogP contribution in [0.25, 0.3) is 0 Å². The van der Waals surface area contributed by atoms with Gasteiger partial charge in [0.2, 0.25) is 11.8 Å². The van der Waals surface area contributed by atoms with Crippen LogP contribution >= 0.6 is 11.3 Å². The summed E-state index contributed by atoms with van der Waals surface area (Å²) in [6.07, 6.45) is 4.51. The number of carbonyl (C=O) groups excluding carboxylic acids is 2. The molecule has 2 rings (SSSR count). The van der Waals surface area contributed by atoms with Crippen molar-refractivity contribution < 1.29 is 18.7 Å². The largest absolute Gasteiger partial charge is 0.383 e. The number of hydrogen-bond donors (Lipinski definition) is 0. The molecule has 0 atom stereocenters. The van der Waals surface area contributed by atoms with Crippen molar-refractivity contribution in [3.8, 4) is 0 Å². The quantitative estimate of drug-likeness (QED) is 0.388. The highest BCUT2D eigenvalue weighted by Gasteiger charge is 2.22. The Bertz CT molecular complexity index is 781. The molecular formula is C24H33FN2O3S. The van der Waals surface area contributed by atoms with Crippen LogP contribution in [0.1, 0.15) is 49.5 Å². The molecule has 0 N–H and O–H groups in total. The molecule has 0 aliphatic heterocycles. The van der Waals surface area contributed by atoms with Crippen LogP contribution in [0.3, 0.4) is 0 Å². The summed E-state index contributed by atoms with van der Waals surface area (Å²) in [6.45, 7) is 3.74. The molecule has 5 nitrogen and oxygen atoms in total. The van der Waals surface area contributed by atoms with E-state index in [1.54, 1.807) is 40.4 Å². The van der Waals surface area contributed by atoms with Gasteiger partial charge in [-0.3, -0.25) is 9.59 Å². The molecule has 7 heteroatoms. The molecule has 0 fully saturated rings. The van der Waals surface area contributed by atoms with Crippen molar-refractivity contribution in [3.05, 3.63) is 58.0 Å². The van der Waals surface area contributed by atoms with E-state index in [9.17, 15) is 14.0 Å². The lowest BCUT2D eigenvalue weighted by atomic mass is 10.1. The molecule has 0 saturated heterocycles. The Kier molecular flexibility index (Phi) is 11.2. The number of rotatable bonds is 14. The van der Waals surface area contributed by atoms with Crippen molar-refractivity contribution >= 4 is 23.2 Å². The van der Waals surface area contributed by atoms with Gasteiger partial charge in [0.15, 0.2) is 0 Å². The van der Waals surface area contributed by atoms with E-state index in [0.29, 0.717) is 32.7 Å². The summed E-state index contributed by atoms with van der Waals surface area (Å²) in [5, 5.41) is 1.97. The second kappa shape index (κ2) is 13.9. The normalized spacial score (nSPS) is 10.8. The summed E-state index contributed by atoms with van der Waals surface area (Å²) in [6, 6.07) is 10.1. The van der Waals surface area contributed by atoms with Gasteiger partial charge >= 0.3 is 0 Å². The van der Waals surface area contributed by atoms with E-state index in [2.05, 4.69) is 6.92 Å². The van der Waals surface area contributed by atoms with Gasteiger partial charge in [-0.15, -0.1) is 11.3 Å². The first kappa shape index (κ1) is 25.0. The molecule has 0 bridgehead atoms. The van der Waals surface area contributed by atoms with Gasteiger partial charge in [-0.1, -0.05) is 44.4 Å². The van der Waals surface area contributed by atoms with Crippen LogP contribution in [0, 0.1) is 5.82 Å². The third-order valence-electron chi connectivity index (χ3n) is 5.05. The first-order chi connectivity index (χ1) is 15.0. The molecular weight excluding hydrogens is 415 g/mol. The minimum atomic E-state index is -0.306. The first-order valence-electron chi connectivity index (χ1n) is 10.8. The van der Waals surface area contributed by atoms with Crippen LogP contribution in [0.5, 0.6) is 0 Å². The van der Waals surface area contributed by atoms with E-state index >= 15 is 0 Å². The minimum Gasteiger partial charge on any atom is -0.383 e. The van der Waals surface area contributed by atoms with E-state index in [1.807, 2.05) is 17.5 Å². The fourth-order valence-corrected chi connectivity index (χ4v) is 3.97. The maximum atomic E-state index is 13.3. The number of carbonyl (C=O) groups is 2. The second-order valence-electron chi connectivity index (χ2n) is 7.57. The van der Waals surface area contributed by atoms with Gasteiger partial charge in [0, 0.05) is 31.5 Å². The number of halogens is 1. The molecule has 1 heterocycles. The van der Waals surface area contributed by atoms with Crippen molar-refractivity contribution in [1.82, 2.24) is 9.80 Å². The third kappa shape index (κ3) is 9.19. The highest BCUT2D eigenvalue weighted by molar-refractivity contribution is 7.09. The number of hydrogen-bond acceptors (Lipinski definition) is 4. The van der Waals surface area contributed by atoms with Crippen molar-refractivity contribution in [2.45, 2.75) is 52.1 Å². The molecule has 0 saturated carbocycles.